The molecule has 1 amide bonds. The molecular formula is C17H18N2O5. The lowest BCUT2D eigenvalue weighted by atomic mass is 10.0. The highest BCUT2D eigenvalue weighted by Gasteiger charge is 2.31. The van der Waals surface area contributed by atoms with Crippen LogP contribution in [0.3, 0.4) is 0 Å². The zero-order valence-corrected chi connectivity index (χ0v) is 13.0. The molecule has 1 aromatic heterocycles. The summed E-state index contributed by atoms with van der Waals surface area (Å²) in [6, 6.07) is 10.8. The van der Waals surface area contributed by atoms with E-state index in [9.17, 15) is 19.8 Å². The predicted octanol–water partition coefficient (Wildman–Crippen LogP) is 1.80. The smallest absolute Gasteiger partial charge is 0.408 e. The zero-order valence-electron chi connectivity index (χ0n) is 13.0. The van der Waals surface area contributed by atoms with Crippen LogP contribution in [0, 0.1) is 6.92 Å². The number of nitrogens with one attached hydrogen (secondary N) is 1. The average Bonchev–Trinajstić information content (AvgIpc) is 2.58. The lowest BCUT2D eigenvalue weighted by Crippen LogP contribution is -2.45. The van der Waals surface area contributed by atoms with Gasteiger partial charge >= 0.3 is 12.1 Å². The van der Waals surface area contributed by atoms with Crippen LogP contribution in [0.2, 0.25) is 0 Å². The number of amides is 1. The number of aromatic nitrogens is 1. The van der Waals surface area contributed by atoms with Crippen LogP contribution in [0.4, 0.5) is 4.79 Å². The Labute approximate surface area is 138 Å². The number of ether oxygens (including phenoxy) is 1. The van der Waals surface area contributed by atoms with E-state index in [0.717, 1.165) is 5.56 Å². The number of aliphatic carboxylic acids is 1. The highest BCUT2D eigenvalue weighted by atomic mass is 16.5. The Bertz CT molecular complexity index is 705. The minimum atomic E-state index is -1.57. The van der Waals surface area contributed by atoms with Crippen LogP contribution >= 0.6 is 0 Å². The first-order chi connectivity index (χ1) is 11.5. The number of carbonyl (C=O) groups is 2. The third-order valence-electron chi connectivity index (χ3n) is 3.40. The number of nitrogens with zero attached hydrogens (tertiary/aromatic N) is 1. The molecule has 0 aliphatic carbocycles. The fourth-order valence-electron chi connectivity index (χ4n) is 2.13. The van der Waals surface area contributed by atoms with Crippen LogP contribution in [0.25, 0.3) is 0 Å². The second-order valence-electron chi connectivity index (χ2n) is 5.17. The van der Waals surface area contributed by atoms with Gasteiger partial charge in [0.25, 0.3) is 0 Å². The fourth-order valence-corrected chi connectivity index (χ4v) is 2.13. The van der Waals surface area contributed by atoms with E-state index >= 15 is 0 Å². The van der Waals surface area contributed by atoms with Gasteiger partial charge in [-0.25, -0.2) is 9.59 Å². The first-order valence-corrected chi connectivity index (χ1v) is 7.28. The number of carbonyl (C=O) groups excluding carboxylic acids is 1. The molecule has 2 aromatic rings. The number of aryl methyl sites for hydroxylation is 1. The van der Waals surface area contributed by atoms with E-state index < -0.39 is 24.2 Å². The number of carboxylic acids is 1. The van der Waals surface area contributed by atoms with Gasteiger partial charge in [-0.3, -0.25) is 4.98 Å². The maximum absolute atomic E-state index is 11.8. The number of carboxylic acid groups (broad SMARTS) is 1. The van der Waals surface area contributed by atoms with Crippen molar-refractivity contribution in [3.8, 4) is 0 Å². The third-order valence-corrected chi connectivity index (χ3v) is 3.40. The molecule has 1 heterocycles. The Morgan fingerprint density at radius 2 is 1.92 bits per heavy atom. The molecule has 3 N–H and O–H groups in total. The zero-order chi connectivity index (χ0) is 17.5. The van der Waals surface area contributed by atoms with E-state index in [1.165, 1.54) is 6.20 Å². The van der Waals surface area contributed by atoms with Crippen molar-refractivity contribution >= 4 is 12.1 Å². The Morgan fingerprint density at radius 1 is 1.21 bits per heavy atom. The lowest BCUT2D eigenvalue weighted by Gasteiger charge is -2.21. The summed E-state index contributed by atoms with van der Waals surface area (Å²) < 4.78 is 4.98. The van der Waals surface area contributed by atoms with E-state index in [2.05, 4.69) is 10.3 Å². The van der Waals surface area contributed by atoms with Gasteiger partial charge in [-0.05, 0) is 24.1 Å². The molecule has 2 rings (SSSR count). The van der Waals surface area contributed by atoms with Crippen LogP contribution in [-0.4, -0.2) is 33.3 Å². The molecular weight excluding hydrogens is 312 g/mol. The number of aliphatic hydroxyl groups is 1. The first kappa shape index (κ1) is 17.4. The van der Waals surface area contributed by atoms with Crippen LogP contribution in [-0.2, 0) is 16.1 Å². The molecule has 24 heavy (non-hydrogen) atoms. The van der Waals surface area contributed by atoms with Crippen LogP contribution in [0.1, 0.15) is 22.9 Å². The van der Waals surface area contributed by atoms with Gasteiger partial charge in [-0.2, -0.15) is 0 Å². The molecule has 1 aromatic carbocycles. The maximum Gasteiger partial charge on any atom is 0.408 e. The van der Waals surface area contributed by atoms with Gasteiger partial charge in [0.2, 0.25) is 0 Å². The second-order valence-corrected chi connectivity index (χ2v) is 5.17. The molecule has 0 fully saturated rings. The van der Waals surface area contributed by atoms with Gasteiger partial charge in [-0.1, -0.05) is 36.4 Å². The first-order valence-electron chi connectivity index (χ1n) is 7.28. The molecule has 0 aliphatic rings. The normalized spacial score (nSPS) is 12.9. The average molecular weight is 330 g/mol. The lowest BCUT2D eigenvalue weighted by molar-refractivity contribution is -0.142. The third kappa shape index (κ3) is 4.53. The number of rotatable bonds is 6. The second kappa shape index (κ2) is 8.07. The minimum absolute atomic E-state index is 0.00226. The largest absolute Gasteiger partial charge is 0.480 e. The number of hydrogen-bond donors (Lipinski definition) is 3. The summed E-state index contributed by atoms with van der Waals surface area (Å²) in [6.07, 6.45) is -0.982. The van der Waals surface area contributed by atoms with Gasteiger partial charge in [0.1, 0.15) is 12.7 Å². The summed E-state index contributed by atoms with van der Waals surface area (Å²) >= 11 is 0. The number of hydrogen-bond acceptors (Lipinski definition) is 5. The molecule has 0 saturated heterocycles. The molecule has 126 valence electrons. The molecule has 0 aliphatic heterocycles. The van der Waals surface area contributed by atoms with Crippen LogP contribution in [0.5, 0.6) is 0 Å². The predicted molar refractivity (Wildman–Crippen MR) is 85.1 cm³/mol. The van der Waals surface area contributed by atoms with Crippen molar-refractivity contribution in [3.05, 3.63) is 65.5 Å². The van der Waals surface area contributed by atoms with Crippen molar-refractivity contribution in [2.75, 3.05) is 0 Å². The SMILES string of the molecule is Cc1cccnc1C(O)C(NC(=O)OCc1ccccc1)C(=O)O. The van der Waals surface area contributed by atoms with Crippen molar-refractivity contribution in [2.45, 2.75) is 25.7 Å². The van der Waals surface area contributed by atoms with Crippen molar-refractivity contribution in [1.29, 1.82) is 0 Å². The van der Waals surface area contributed by atoms with E-state index in [4.69, 9.17) is 4.74 Å². The van der Waals surface area contributed by atoms with Crippen LogP contribution in [0.15, 0.2) is 48.7 Å². The summed E-state index contributed by atoms with van der Waals surface area (Å²) in [5.41, 5.74) is 1.57. The molecule has 0 radical (unpaired) electrons. The molecule has 2 atom stereocenters. The highest BCUT2D eigenvalue weighted by molar-refractivity contribution is 5.80. The number of alkyl carbamates (subject to hydrolysis) is 1. The van der Waals surface area contributed by atoms with Gasteiger partial charge in [-0.15, -0.1) is 0 Å². The standard InChI is InChI=1S/C17H18N2O5/c1-11-6-5-9-18-13(11)15(20)14(16(21)22)19-17(23)24-10-12-7-3-2-4-8-12/h2-9,14-15,20H,10H2,1H3,(H,19,23)(H,21,22). The summed E-state index contributed by atoms with van der Waals surface area (Å²) in [5.74, 6) is -1.38. The van der Waals surface area contributed by atoms with Gasteiger partial charge < -0.3 is 20.3 Å². The summed E-state index contributed by atoms with van der Waals surface area (Å²) in [6.45, 7) is 1.69. The monoisotopic (exact) mass is 330 g/mol. The molecule has 0 spiro atoms. The highest BCUT2D eigenvalue weighted by Crippen LogP contribution is 2.18. The Morgan fingerprint density at radius 3 is 2.54 bits per heavy atom. The van der Waals surface area contributed by atoms with E-state index in [1.807, 2.05) is 6.07 Å². The number of benzene rings is 1. The van der Waals surface area contributed by atoms with Crippen molar-refractivity contribution in [3.63, 3.8) is 0 Å². The molecule has 2 unspecified atom stereocenters. The quantitative estimate of drug-likeness (QED) is 0.745. The Balaban J connectivity index is 2.01. The summed E-state index contributed by atoms with van der Waals surface area (Å²) in [7, 11) is 0. The topological polar surface area (TPSA) is 109 Å². The number of aliphatic hydroxyl groups excluding tert-OH is 1. The Kier molecular flexibility index (Phi) is 5.86. The van der Waals surface area contributed by atoms with Gasteiger partial charge in [0.05, 0.1) is 5.69 Å². The van der Waals surface area contributed by atoms with Crippen LogP contribution < -0.4 is 5.32 Å². The molecule has 0 saturated carbocycles. The van der Waals surface area contributed by atoms with E-state index in [1.54, 1.807) is 43.3 Å². The molecule has 7 nitrogen and oxygen atoms in total. The van der Waals surface area contributed by atoms with Gasteiger partial charge in [0.15, 0.2) is 6.04 Å². The fraction of sp³-hybridized carbons (Fsp3) is 0.235. The van der Waals surface area contributed by atoms with E-state index in [0.29, 0.717) is 5.56 Å². The summed E-state index contributed by atoms with van der Waals surface area (Å²) in [5, 5.41) is 21.7. The maximum atomic E-state index is 11.8. The molecule has 7 heteroatoms. The van der Waals surface area contributed by atoms with Crippen molar-refractivity contribution in [1.82, 2.24) is 10.3 Å². The minimum Gasteiger partial charge on any atom is -0.480 e. The van der Waals surface area contributed by atoms with Crippen molar-refractivity contribution in [2.24, 2.45) is 0 Å². The summed E-state index contributed by atoms with van der Waals surface area (Å²) in [4.78, 5) is 27.2. The molecule has 0 bridgehead atoms. The van der Waals surface area contributed by atoms with Gasteiger partial charge in [0, 0.05) is 6.20 Å². The van der Waals surface area contributed by atoms with Crippen molar-refractivity contribution < 1.29 is 24.5 Å². The Hall–Kier alpha value is -2.93. The number of pyridine rings is 1. The van der Waals surface area contributed by atoms with E-state index in [-0.39, 0.29) is 12.3 Å².